The van der Waals surface area contributed by atoms with Gasteiger partial charge in [-0.3, -0.25) is 0 Å². The highest BCUT2D eigenvalue weighted by molar-refractivity contribution is 6.30. The van der Waals surface area contributed by atoms with E-state index in [4.69, 9.17) is 11.6 Å². The van der Waals surface area contributed by atoms with Crippen LogP contribution in [0, 0.1) is 11.8 Å². The molecule has 2 aromatic rings. The molecule has 0 spiro atoms. The second kappa shape index (κ2) is 4.58. The maximum atomic E-state index is 13.5. The SMILES string of the molecule is Fc1ccc(Cc2cccc(Cl)c2F)cn1. The Morgan fingerprint density at radius 3 is 2.62 bits per heavy atom. The molecule has 2 rings (SSSR count). The first-order valence-corrected chi connectivity index (χ1v) is 5.08. The highest BCUT2D eigenvalue weighted by Crippen LogP contribution is 2.20. The fraction of sp³-hybridized carbons (Fsp3) is 0.0833. The van der Waals surface area contributed by atoms with Gasteiger partial charge in [0.2, 0.25) is 5.95 Å². The summed E-state index contributed by atoms with van der Waals surface area (Å²) in [5, 5.41) is 0.0903. The number of benzene rings is 1. The molecular formula is C12H8ClF2N. The molecule has 82 valence electrons. The average Bonchev–Trinajstić information content (AvgIpc) is 2.28. The van der Waals surface area contributed by atoms with E-state index in [9.17, 15) is 8.78 Å². The van der Waals surface area contributed by atoms with Crippen LogP contribution in [-0.2, 0) is 6.42 Å². The third-order valence-corrected chi connectivity index (χ3v) is 2.51. The zero-order chi connectivity index (χ0) is 11.5. The van der Waals surface area contributed by atoms with Crippen LogP contribution in [0.4, 0.5) is 8.78 Å². The number of aromatic nitrogens is 1. The Kier molecular flexibility index (Phi) is 3.15. The maximum Gasteiger partial charge on any atom is 0.212 e. The molecule has 0 aliphatic heterocycles. The Labute approximate surface area is 96.7 Å². The van der Waals surface area contributed by atoms with E-state index in [0.29, 0.717) is 12.0 Å². The fourth-order valence-electron chi connectivity index (χ4n) is 1.42. The molecule has 0 saturated heterocycles. The van der Waals surface area contributed by atoms with Gasteiger partial charge in [0.1, 0.15) is 5.82 Å². The molecule has 4 heteroatoms. The second-order valence-corrected chi connectivity index (χ2v) is 3.79. The molecule has 0 bridgehead atoms. The summed E-state index contributed by atoms with van der Waals surface area (Å²) in [6, 6.07) is 7.63. The van der Waals surface area contributed by atoms with E-state index in [0.717, 1.165) is 5.56 Å². The topological polar surface area (TPSA) is 12.9 Å². The van der Waals surface area contributed by atoms with Crippen molar-refractivity contribution in [1.29, 1.82) is 0 Å². The highest BCUT2D eigenvalue weighted by Gasteiger charge is 2.07. The minimum atomic E-state index is -0.546. The van der Waals surface area contributed by atoms with Crippen molar-refractivity contribution in [3.8, 4) is 0 Å². The first kappa shape index (κ1) is 11.0. The molecule has 1 nitrogen and oxygen atoms in total. The zero-order valence-corrected chi connectivity index (χ0v) is 9.01. The smallest absolute Gasteiger partial charge is 0.212 e. The van der Waals surface area contributed by atoms with E-state index in [2.05, 4.69) is 4.98 Å². The molecule has 1 heterocycles. The number of pyridine rings is 1. The Bertz CT molecular complexity index is 497. The molecule has 0 amide bonds. The number of nitrogens with zero attached hydrogens (tertiary/aromatic N) is 1. The van der Waals surface area contributed by atoms with Gasteiger partial charge < -0.3 is 0 Å². The average molecular weight is 240 g/mol. The standard InChI is InChI=1S/C12H8ClF2N/c13-10-3-1-2-9(12(10)15)6-8-4-5-11(14)16-7-8/h1-5,7H,6H2. The van der Waals surface area contributed by atoms with E-state index in [1.165, 1.54) is 18.3 Å². The van der Waals surface area contributed by atoms with Crippen molar-refractivity contribution in [2.24, 2.45) is 0 Å². The van der Waals surface area contributed by atoms with Crippen molar-refractivity contribution in [3.63, 3.8) is 0 Å². The lowest BCUT2D eigenvalue weighted by Gasteiger charge is -2.04. The molecule has 0 N–H and O–H groups in total. The molecule has 1 aromatic carbocycles. The van der Waals surface area contributed by atoms with Gasteiger partial charge in [-0.15, -0.1) is 0 Å². The largest absolute Gasteiger partial charge is 0.228 e. The van der Waals surface area contributed by atoms with Crippen LogP contribution in [0.5, 0.6) is 0 Å². The lowest BCUT2D eigenvalue weighted by molar-refractivity contribution is 0.582. The quantitative estimate of drug-likeness (QED) is 0.730. The maximum absolute atomic E-state index is 13.5. The summed E-state index contributed by atoms with van der Waals surface area (Å²) >= 11 is 5.65. The number of halogens is 3. The molecule has 0 fully saturated rings. The van der Waals surface area contributed by atoms with Crippen LogP contribution in [0.15, 0.2) is 36.5 Å². The van der Waals surface area contributed by atoms with Crippen molar-refractivity contribution >= 4 is 11.6 Å². The van der Waals surface area contributed by atoms with E-state index >= 15 is 0 Å². The van der Waals surface area contributed by atoms with Crippen molar-refractivity contribution in [2.75, 3.05) is 0 Å². The Morgan fingerprint density at radius 2 is 1.94 bits per heavy atom. The first-order chi connectivity index (χ1) is 7.66. The number of rotatable bonds is 2. The van der Waals surface area contributed by atoms with Gasteiger partial charge in [0, 0.05) is 12.6 Å². The summed E-state index contributed by atoms with van der Waals surface area (Å²) in [5.74, 6) is -0.983. The number of hydrogen-bond donors (Lipinski definition) is 0. The van der Waals surface area contributed by atoms with Gasteiger partial charge in [-0.2, -0.15) is 4.39 Å². The summed E-state index contributed by atoms with van der Waals surface area (Å²) in [6.45, 7) is 0. The molecule has 0 aliphatic carbocycles. The van der Waals surface area contributed by atoms with Gasteiger partial charge in [-0.25, -0.2) is 9.37 Å². The van der Waals surface area contributed by atoms with Crippen molar-refractivity contribution < 1.29 is 8.78 Å². The van der Waals surface area contributed by atoms with Crippen LogP contribution >= 0.6 is 11.6 Å². The normalized spacial score (nSPS) is 10.4. The molecule has 0 radical (unpaired) electrons. The van der Waals surface area contributed by atoms with Crippen LogP contribution in [-0.4, -0.2) is 4.98 Å². The van der Waals surface area contributed by atoms with Crippen LogP contribution in [0.1, 0.15) is 11.1 Å². The third-order valence-electron chi connectivity index (χ3n) is 2.21. The summed E-state index contributed by atoms with van der Waals surface area (Å²) < 4.78 is 26.1. The highest BCUT2D eigenvalue weighted by atomic mass is 35.5. The Hall–Kier alpha value is -1.48. The van der Waals surface area contributed by atoms with Crippen molar-refractivity contribution in [3.05, 3.63) is 64.4 Å². The van der Waals surface area contributed by atoms with E-state index in [1.807, 2.05) is 0 Å². The summed E-state index contributed by atoms with van der Waals surface area (Å²) in [4.78, 5) is 3.51. The van der Waals surface area contributed by atoms with Gasteiger partial charge in [-0.05, 0) is 23.3 Å². The Balaban J connectivity index is 2.27. The second-order valence-electron chi connectivity index (χ2n) is 3.38. The van der Waals surface area contributed by atoms with Crippen molar-refractivity contribution in [2.45, 2.75) is 6.42 Å². The van der Waals surface area contributed by atoms with E-state index in [-0.39, 0.29) is 5.02 Å². The van der Waals surface area contributed by atoms with Gasteiger partial charge in [0.05, 0.1) is 5.02 Å². The summed E-state index contributed by atoms with van der Waals surface area (Å²) in [6.07, 6.45) is 1.73. The van der Waals surface area contributed by atoms with E-state index < -0.39 is 11.8 Å². The molecule has 0 aliphatic rings. The van der Waals surface area contributed by atoms with Gasteiger partial charge >= 0.3 is 0 Å². The summed E-state index contributed by atoms with van der Waals surface area (Å²) in [5.41, 5.74) is 1.21. The van der Waals surface area contributed by atoms with E-state index in [1.54, 1.807) is 18.2 Å². The van der Waals surface area contributed by atoms with Gasteiger partial charge in [-0.1, -0.05) is 29.8 Å². The lowest BCUT2D eigenvalue weighted by Crippen LogP contribution is -1.94. The van der Waals surface area contributed by atoms with Crippen LogP contribution in [0.25, 0.3) is 0 Å². The molecular weight excluding hydrogens is 232 g/mol. The molecule has 0 saturated carbocycles. The molecule has 1 aromatic heterocycles. The molecule has 0 atom stereocenters. The van der Waals surface area contributed by atoms with Crippen molar-refractivity contribution in [1.82, 2.24) is 4.98 Å². The van der Waals surface area contributed by atoms with Gasteiger partial charge in [0.15, 0.2) is 0 Å². The predicted molar refractivity (Wildman–Crippen MR) is 58.4 cm³/mol. The number of hydrogen-bond acceptors (Lipinski definition) is 1. The lowest BCUT2D eigenvalue weighted by atomic mass is 10.1. The third kappa shape index (κ3) is 2.36. The van der Waals surface area contributed by atoms with Crippen LogP contribution in [0.3, 0.4) is 0 Å². The molecule has 0 unspecified atom stereocenters. The first-order valence-electron chi connectivity index (χ1n) is 4.70. The monoisotopic (exact) mass is 239 g/mol. The minimum absolute atomic E-state index is 0.0903. The predicted octanol–water partition coefficient (Wildman–Crippen LogP) is 3.60. The molecule has 16 heavy (non-hydrogen) atoms. The zero-order valence-electron chi connectivity index (χ0n) is 8.25. The fourth-order valence-corrected chi connectivity index (χ4v) is 1.61. The van der Waals surface area contributed by atoms with Gasteiger partial charge in [0.25, 0.3) is 0 Å². The summed E-state index contributed by atoms with van der Waals surface area (Å²) in [7, 11) is 0. The van der Waals surface area contributed by atoms with Crippen LogP contribution in [0.2, 0.25) is 5.02 Å². The minimum Gasteiger partial charge on any atom is -0.228 e. The Morgan fingerprint density at radius 1 is 1.12 bits per heavy atom. The van der Waals surface area contributed by atoms with Crippen LogP contribution < -0.4 is 0 Å².